The molecule has 1 amide bonds. The Morgan fingerprint density at radius 2 is 1.96 bits per heavy atom. The van der Waals surface area contributed by atoms with Crippen LogP contribution in [0.4, 0.5) is 0 Å². The number of nitrogens with one attached hydrogen (secondary N) is 1. The van der Waals surface area contributed by atoms with E-state index in [0.29, 0.717) is 15.8 Å². The van der Waals surface area contributed by atoms with Gasteiger partial charge in [0.25, 0.3) is 5.91 Å². The van der Waals surface area contributed by atoms with Crippen LogP contribution in [0.3, 0.4) is 0 Å². The van der Waals surface area contributed by atoms with Crippen LogP contribution in [0.15, 0.2) is 50.4 Å². The highest BCUT2D eigenvalue weighted by atomic mass is 79.9. The first-order valence-corrected chi connectivity index (χ1v) is 9.49. The van der Waals surface area contributed by atoms with Crippen molar-refractivity contribution < 1.29 is 14.6 Å². The molecule has 0 fully saturated rings. The third-order valence-corrected chi connectivity index (χ3v) is 4.57. The molecule has 0 heterocycles. The summed E-state index contributed by atoms with van der Waals surface area (Å²) >= 11 is 6.57. The van der Waals surface area contributed by atoms with Gasteiger partial charge < -0.3 is 9.84 Å². The van der Waals surface area contributed by atoms with Gasteiger partial charge >= 0.3 is 0 Å². The van der Waals surface area contributed by atoms with E-state index in [1.807, 2.05) is 24.3 Å². The third-order valence-electron chi connectivity index (χ3n) is 3.50. The zero-order chi connectivity index (χ0) is 19.3. The lowest BCUT2D eigenvalue weighted by Crippen LogP contribution is -2.25. The maximum atomic E-state index is 12.0. The predicted molar refractivity (Wildman–Crippen MR) is 110 cm³/mol. The van der Waals surface area contributed by atoms with Crippen molar-refractivity contribution in [2.45, 2.75) is 26.2 Å². The molecule has 0 aliphatic heterocycles. The highest BCUT2D eigenvalue weighted by molar-refractivity contribution is 9.11. The summed E-state index contributed by atoms with van der Waals surface area (Å²) < 4.78 is 6.94. The number of benzene rings is 2. The first-order valence-electron chi connectivity index (χ1n) is 7.90. The Morgan fingerprint density at radius 1 is 1.27 bits per heavy atom. The number of carbonyl (C=O) groups is 1. The second-order valence-corrected chi connectivity index (χ2v) is 8.42. The molecule has 138 valence electrons. The molecule has 0 aromatic heterocycles. The number of hydrogen-bond acceptors (Lipinski definition) is 4. The fraction of sp³-hybridized carbons (Fsp3) is 0.263. The van der Waals surface area contributed by atoms with Gasteiger partial charge in [-0.1, -0.05) is 54.9 Å². The van der Waals surface area contributed by atoms with Crippen LogP contribution in [0.25, 0.3) is 0 Å². The summed E-state index contributed by atoms with van der Waals surface area (Å²) in [6.45, 7) is 6.10. The van der Waals surface area contributed by atoms with Gasteiger partial charge in [0.05, 0.1) is 10.7 Å². The van der Waals surface area contributed by atoms with E-state index in [9.17, 15) is 9.90 Å². The van der Waals surface area contributed by atoms with Crippen molar-refractivity contribution in [3.8, 4) is 11.5 Å². The maximum Gasteiger partial charge on any atom is 0.277 e. The maximum absolute atomic E-state index is 12.0. The first kappa shape index (κ1) is 20.5. The number of hydrogen-bond donors (Lipinski definition) is 2. The lowest BCUT2D eigenvalue weighted by Gasteiger charge is -2.22. The number of carbonyl (C=O) groups excluding carboxylic acids is 1. The fourth-order valence-electron chi connectivity index (χ4n) is 2.25. The molecular weight excluding hydrogens is 464 g/mol. The number of para-hydroxylation sites is 1. The van der Waals surface area contributed by atoms with Crippen molar-refractivity contribution in [2.75, 3.05) is 6.61 Å². The predicted octanol–water partition coefficient (Wildman–Crippen LogP) is 4.74. The van der Waals surface area contributed by atoms with Crippen molar-refractivity contribution in [1.29, 1.82) is 0 Å². The molecule has 0 unspecified atom stereocenters. The van der Waals surface area contributed by atoms with Crippen molar-refractivity contribution >= 4 is 44.0 Å². The number of hydrazone groups is 1. The Balaban J connectivity index is 1.97. The molecule has 0 spiro atoms. The average Bonchev–Trinajstić information content (AvgIpc) is 2.56. The number of ether oxygens (including phenoxy) is 1. The average molecular weight is 484 g/mol. The van der Waals surface area contributed by atoms with Crippen LogP contribution < -0.4 is 10.2 Å². The SMILES string of the molecule is CC(C)(C)c1ccccc1OCC(=O)N/N=C\c1cc(Br)cc(Br)c1O. The standard InChI is InChI=1S/C19H20Br2N2O3/c1-19(2,3)14-6-4-5-7-16(14)26-11-17(24)23-22-10-12-8-13(20)9-15(21)18(12)25/h4-10,25H,11H2,1-3H3,(H,23,24)/b22-10-. The fourth-order valence-corrected chi connectivity index (χ4v) is 3.50. The van der Waals surface area contributed by atoms with Crippen molar-refractivity contribution in [2.24, 2.45) is 5.10 Å². The summed E-state index contributed by atoms with van der Waals surface area (Å²) in [4.78, 5) is 12.0. The van der Waals surface area contributed by atoms with Gasteiger partial charge in [-0.25, -0.2) is 5.43 Å². The lowest BCUT2D eigenvalue weighted by atomic mass is 9.86. The Labute approximate surface area is 169 Å². The number of amides is 1. The molecule has 7 heteroatoms. The molecule has 26 heavy (non-hydrogen) atoms. The van der Waals surface area contributed by atoms with E-state index in [4.69, 9.17) is 4.74 Å². The van der Waals surface area contributed by atoms with Crippen LogP contribution in [0, 0.1) is 0 Å². The number of halogens is 2. The second kappa shape index (κ2) is 8.68. The Bertz CT molecular complexity index is 830. The molecular formula is C19H20Br2N2O3. The van der Waals surface area contributed by atoms with Crippen molar-refractivity contribution in [3.05, 3.63) is 56.5 Å². The topological polar surface area (TPSA) is 70.9 Å². The zero-order valence-corrected chi connectivity index (χ0v) is 17.9. The first-order chi connectivity index (χ1) is 12.2. The van der Waals surface area contributed by atoms with E-state index in [2.05, 4.69) is 63.2 Å². The van der Waals surface area contributed by atoms with Crippen molar-refractivity contribution in [1.82, 2.24) is 5.43 Å². The van der Waals surface area contributed by atoms with E-state index in [1.54, 1.807) is 12.1 Å². The monoisotopic (exact) mass is 482 g/mol. The van der Waals surface area contributed by atoms with E-state index >= 15 is 0 Å². The molecule has 2 aromatic rings. The van der Waals surface area contributed by atoms with Crippen LogP contribution >= 0.6 is 31.9 Å². The summed E-state index contributed by atoms with van der Waals surface area (Å²) in [5.41, 5.74) is 3.79. The van der Waals surface area contributed by atoms with Gasteiger partial charge in [-0.2, -0.15) is 5.10 Å². The summed E-state index contributed by atoms with van der Waals surface area (Å²) in [6, 6.07) is 11.0. The highest BCUT2D eigenvalue weighted by Gasteiger charge is 2.18. The van der Waals surface area contributed by atoms with Gasteiger partial charge in [0.15, 0.2) is 6.61 Å². The van der Waals surface area contributed by atoms with Crippen LogP contribution in [0.5, 0.6) is 11.5 Å². The second-order valence-electron chi connectivity index (χ2n) is 6.65. The zero-order valence-electron chi connectivity index (χ0n) is 14.7. The molecule has 0 radical (unpaired) electrons. The molecule has 2 rings (SSSR count). The molecule has 0 aliphatic carbocycles. The molecule has 0 saturated heterocycles. The van der Waals surface area contributed by atoms with E-state index in [0.717, 1.165) is 10.0 Å². The van der Waals surface area contributed by atoms with E-state index < -0.39 is 5.91 Å². The molecule has 0 atom stereocenters. The number of phenolic OH excluding ortho intramolecular Hbond substituents is 1. The minimum absolute atomic E-state index is 0.0431. The van der Waals surface area contributed by atoms with Crippen LogP contribution in [0.2, 0.25) is 0 Å². The van der Waals surface area contributed by atoms with Gasteiger partial charge in [-0.3, -0.25) is 4.79 Å². The normalized spacial score (nSPS) is 11.6. The van der Waals surface area contributed by atoms with Gasteiger partial charge in [-0.15, -0.1) is 0 Å². The van der Waals surface area contributed by atoms with Gasteiger partial charge in [0, 0.05) is 10.0 Å². The van der Waals surface area contributed by atoms with E-state index in [1.165, 1.54) is 6.21 Å². The Kier molecular flexibility index (Phi) is 6.83. The lowest BCUT2D eigenvalue weighted by molar-refractivity contribution is -0.123. The molecule has 0 aliphatic rings. The van der Waals surface area contributed by atoms with E-state index in [-0.39, 0.29) is 17.8 Å². The summed E-state index contributed by atoms with van der Waals surface area (Å²) in [5, 5.41) is 13.8. The summed E-state index contributed by atoms with van der Waals surface area (Å²) in [6.07, 6.45) is 1.37. The highest BCUT2D eigenvalue weighted by Crippen LogP contribution is 2.31. The number of phenols is 1. The van der Waals surface area contributed by atoms with Crippen LogP contribution in [0.1, 0.15) is 31.9 Å². The third kappa shape index (κ3) is 5.57. The number of rotatable bonds is 5. The number of aromatic hydroxyl groups is 1. The minimum Gasteiger partial charge on any atom is -0.506 e. The Hall–Kier alpha value is -1.86. The molecule has 2 N–H and O–H groups in total. The van der Waals surface area contributed by atoms with Crippen LogP contribution in [-0.2, 0) is 10.2 Å². The molecule has 0 saturated carbocycles. The van der Waals surface area contributed by atoms with Crippen molar-refractivity contribution in [3.63, 3.8) is 0 Å². The van der Waals surface area contributed by atoms with Gasteiger partial charge in [0.1, 0.15) is 11.5 Å². The largest absolute Gasteiger partial charge is 0.506 e. The smallest absolute Gasteiger partial charge is 0.277 e. The Morgan fingerprint density at radius 3 is 2.65 bits per heavy atom. The molecule has 5 nitrogen and oxygen atoms in total. The minimum atomic E-state index is -0.390. The quantitative estimate of drug-likeness (QED) is 0.476. The summed E-state index contributed by atoms with van der Waals surface area (Å²) in [7, 11) is 0. The van der Waals surface area contributed by atoms with Gasteiger partial charge in [0.2, 0.25) is 0 Å². The molecule has 0 bridgehead atoms. The van der Waals surface area contributed by atoms with Crippen LogP contribution in [-0.4, -0.2) is 23.8 Å². The summed E-state index contributed by atoms with van der Waals surface area (Å²) in [5.74, 6) is 0.327. The van der Waals surface area contributed by atoms with Gasteiger partial charge in [-0.05, 0) is 45.1 Å². The molecule has 2 aromatic carbocycles. The number of nitrogens with zero attached hydrogens (tertiary/aromatic N) is 1.